The number of ether oxygens (including phenoxy) is 2. The molecule has 33 heavy (non-hydrogen) atoms. The molecule has 1 aliphatic heterocycles. The second kappa shape index (κ2) is 10.1. The Bertz CT molecular complexity index is 1130. The number of nitrogens with zero attached hydrogens (tertiary/aromatic N) is 7. The summed E-state index contributed by atoms with van der Waals surface area (Å²) >= 11 is 0. The largest absolute Gasteiger partial charge is 0.493 e. The van der Waals surface area contributed by atoms with Gasteiger partial charge in [-0.2, -0.15) is 9.78 Å². The molecule has 1 amide bonds. The van der Waals surface area contributed by atoms with Gasteiger partial charge in [0.25, 0.3) is 5.91 Å². The fourth-order valence-corrected chi connectivity index (χ4v) is 3.61. The maximum atomic E-state index is 13.1. The summed E-state index contributed by atoms with van der Waals surface area (Å²) in [6.07, 6.45) is 4.89. The van der Waals surface area contributed by atoms with E-state index in [0.717, 1.165) is 25.9 Å². The number of piperidine rings is 1. The van der Waals surface area contributed by atoms with Crippen LogP contribution in [-0.4, -0.2) is 69.6 Å². The molecule has 13 nitrogen and oxygen atoms in total. The molecule has 0 bridgehead atoms. The molecule has 1 aliphatic rings. The third kappa shape index (κ3) is 4.92. The first-order chi connectivity index (χ1) is 16.1. The summed E-state index contributed by atoms with van der Waals surface area (Å²) in [5.41, 5.74) is 9.68. The molecule has 0 atom stereocenters. The van der Waals surface area contributed by atoms with Crippen molar-refractivity contribution in [1.82, 2.24) is 35.6 Å². The highest BCUT2D eigenvalue weighted by Crippen LogP contribution is 2.27. The number of anilines is 1. The molecule has 0 spiro atoms. The van der Waals surface area contributed by atoms with Crippen molar-refractivity contribution < 1.29 is 18.9 Å². The van der Waals surface area contributed by atoms with Gasteiger partial charge in [-0.25, -0.2) is 10.1 Å². The molecule has 0 radical (unpaired) electrons. The molecule has 1 fully saturated rings. The third-order valence-corrected chi connectivity index (χ3v) is 5.26. The number of hydrogen-bond acceptors (Lipinski definition) is 11. The zero-order valence-electron chi connectivity index (χ0n) is 18.4. The summed E-state index contributed by atoms with van der Waals surface area (Å²) in [4.78, 5) is 15.3. The fraction of sp³-hybridized carbons (Fsp3) is 0.400. The highest BCUT2D eigenvalue weighted by Gasteiger charge is 2.26. The number of nitrogen functional groups attached to an aromatic ring is 1. The predicted octanol–water partition coefficient (Wildman–Crippen LogP) is 1.000. The van der Waals surface area contributed by atoms with Gasteiger partial charge in [-0.15, -0.1) is 5.10 Å². The Kier molecular flexibility index (Phi) is 6.78. The maximum Gasteiger partial charge on any atom is 0.292 e. The normalized spacial score (nSPS) is 14.5. The number of nitrogens with one attached hydrogen (secondary N) is 1. The van der Waals surface area contributed by atoms with E-state index in [1.807, 2.05) is 0 Å². The Morgan fingerprint density at radius 2 is 2.00 bits per heavy atom. The smallest absolute Gasteiger partial charge is 0.292 e. The molecule has 13 heteroatoms. The monoisotopic (exact) mass is 455 g/mol. The van der Waals surface area contributed by atoms with Crippen LogP contribution < -0.4 is 20.6 Å². The number of hydrazone groups is 1. The van der Waals surface area contributed by atoms with Gasteiger partial charge in [-0.3, -0.25) is 9.69 Å². The van der Waals surface area contributed by atoms with E-state index in [0.29, 0.717) is 29.3 Å². The molecule has 4 rings (SSSR count). The van der Waals surface area contributed by atoms with E-state index in [1.54, 1.807) is 32.4 Å². The average Bonchev–Trinajstić information content (AvgIpc) is 3.45. The average molecular weight is 455 g/mol. The van der Waals surface area contributed by atoms with Crippen molar-refractivity contribution in [3.05, 3.63) is 35.2 Å². The SMILES string of the molecule is COc1ccc(/C=N/NC(=O)c2c(CN3CCCCC3)nnn2-c2nonc2N)cc1OC. The van der Waals surface area contributed by atoms with Crippen molar-refractivity contribution in [1.29, 1.82) is 0 Å². The summed E-state index contributed by atoms with van der Waals surface area (Å²) < 4.78 is 16.4. The van der Waals surface area contributed by atoms with Crippen LogP contribution in [0.1, 0.15) is 41.0 Å². The third-order valence-electron chi connectivity index (χ3n) is 5.26. The summed E-state index contributed by atoms with van der Waals surface area (Å²) in [6.45, 7) is 2.32. The summed E-state index contributed by atoms with van der Waals surface area (Å²) in [5, 5.41) is 19.6. The molecular weight excluding hydrogens is 430 g/mol. The molecule has 3 aromatic rings. The Balaban J connectivity index is 1.56. The van der Waals surface area contributed by atoms with Gasteiger partial charge >= 0.3 is 0 Å². The number of benzene rings is 1. The van der Waals surface area contributed by atoms with Gasteiger partial charge in [0.05, 0.1) is 20.4 Å². The number of amides is 1. The first kappa shape index (κ1) is 22.2. The standard InChI is InChI=1S/C20H25N9O4/c1-31-15-7-6-13(10-16(15)32-2)11-22-24-20(30)17-14(12-28-8-4-3-5-9-28)23-27-29(17)19-18(21)25-33-26-19/h6-7,10-11H,3-5,8-9,12H2,1-2H3,(H2,21,25)(H,24,30)/b22-11+. The van der Waals surface area contributed by atoms with Crippen LogP contribution in [0.5, 0.6) is 11.5 Å². The fourth-order valence-electron chi connectivity index (χ4n) is 3.61. The molecule has 174 valence electrons. The van der Waals surface area contributed by atoms with Crippen molar-refractivity contribution in [3.8, 4) is 17.3 Å². The van der Waals surface area contributed by atoms with Crippen molar-refractivity contribution in [2.24, 2.45) is 5.10 Å². The minimum Gasteiger partial charge on any atom is -0.493 e. The minimum absolute atomic E-state index is 0.00713. The predicted molar refractivity (Wildman–Crippen MR) is 117 cm³/mol. The highest BCUT2D eigenvalue weighted by molar-refractivity contribution is 5.95. The number of aromatic nitrogens is 5. The van der Waals surface area contributed by atoms with Crippen LogP contribution in [-0.2, 0) is 6.54 Å². The first-order valence-electron chi connectivity index (χ1n) is 10.4. The number of likely N-dealkylation sites (tertiary alicyclic amines) is 1. The second-order valence-electron chi connectivity index (χ2n) is 7.42. The molecule has 1 saturated heterocycles. The van der Waals surface area contributed by atoms with E-state index < -0.39 is 5.91 Å². The summed E-state index contributed by atoms with van der Waals surface area (Å²) in [7, 11) is 3.10. The van der Waals surface area contributed by atoms with E-state index in [-0.39, 0.29) is 17.3 Å². The number of methoxy groups -OCH3 is 2. The number of rotatable bonds is 8. The number of nitrogens with two attached hydrogens (primary N) is 1. The Hall–Kier alpha value is -4.00. The topological polar surface area (TPSA) is 159 Å². The lowest BCUT2D eigenvalue weighted by atomic mass is 10.1. The second-order valence-corrected chi connectivity index (χ2v) is 7.42. The van der Waals surface area contributed by atoms with Crippen molar-refractivity contribution in [2.45, 2.75) is 25.8 Å². The van der Waals surface area contributed by atoms with Crippen LogP contribution in [0.4, 0.5) is 5.82 Å². The number of carbonyl (C=O) groups is 1. The Morgan fingerprint density at radius 1 is 1.21 bits per heavy atom. The van der Waals surface area contributed by atoms with Crippen molar-refractivity contribution >= 4 is 17.9 Å². The molecule has 2 aromatic heterocycles. The molecule has 0 aliphatic carbocycles. The van der Waals surface area contributed by atoms with E-state index in [4.69, 9.17) is 15.2 Å². The van der Waals surface area contributed by atoms with Crippen molar-refractivity contribution in [2.75, 3.05) is 33.0 Å². The molecular formula is C20H25N9O4. The molecule has 3 heterocycles. The first-order valence-corrected chi connectivity index (χ1v) is 10.4. The van der Waals surface area contributed by atoms with E-state index in [9.17, 15) is 4.79 Å². The summed E-state index contributed by atoms with van der Waals surface area (Å²) in [5.74, 6) is 0.697. The zero-order valence-corrected chi connectivity index (χ0v) is 18.4. The molecule has 0 unspecified atom stereocenters. The quantitative estimate of drug-likeness (QED) is 0.370. The van der Waals surface area contributed by atoms with Gasteiger partial charge in [0.1, 0.15) is 5.69 Å². The lowest BCUT2D eigenvalue weighted by Crippen LogP contribution is -2.31. The maximum absolute atomic E-state index is 13.1. The lowest BCUT2D eigenvalue weighted by molar-refractivity contribution is 0.0944. The van der Waals surface area contributed by atoms with Crippen LogP contribution in [0.3, 0.4) is 0 Å². The lowest BCUT2D eigenvalue weighted by Gasteiger charge is -2.25. The van der Waals surface area contributed by atoms with E-state index >= 15 is 0 Å². The van der Waals surface area contributed by atoms with Gasteiger partial charge in [-0.05, 0) is 60.0 Å². The molecule has 3 N–H and O–H groups in total. The highest BCUT2D eigenvalue weighted by atomic mass is 16.6. The molecule has 0 saturated carbocycles. The summed E-state index contributed by atoms with van der Waals surface area (Å²) in [6, 6.07) is 5.27. The molecule has 1 aromatic carbocycles. The van der Waals surface area contributed by atoms with Crippen LogP contribution in [0.15, 0.2) is 27.9 Å². The Morgan fingerprint density at radius 3 is 2.70 bits per heavy atom. The van der Waals surface area contributed by atoms with Crippen LogP contribution >= 0.6 is 0 Å². The Labute approximate surface area is 189 Å². The zero-order chi connectivity index (χ0) is 23.2. The van der Waals surface area contributed by atoms with Crippen LogP contribution in [0, 0.1) is 0 Å². The van der Waals surface area contributed by atoms with Crippen LogP contribution in [0.25, 0.3) is 5.82 Å². The van der Waals surface area contributed by atoms with Gasteiger partial charge in [0.15, 0.2) is 17.2 Å². The number of carbonyl (C=O) groups excluding carboxylic acids is 1. The van der Waals surface area contributed by atoms with Gasteiger partial charge in [0.2, 0.25) is 11.6 Å². The van der Waals surface area contributed by atoms with Gasteiger partial charge in [0, 0.05) is 6.54 Å². The van der Waals surface area contributed by atoms with Crippen LogP contribution in [0.2, 0.25) is 0 Å². The number of hydrogen-bond donors (Lipinski definition) is 2. The van der Waals surface area contributed by atoms with Gasteiger partial charge in [-0.1, -0.05) is 11.6 Å². The van der Waals surface area contributed by atoms with E-state index in [2.05, 4.69) is 40.7 Å². The van der Waals surface area contributed by atoms with E-state index in [1.165, 1.54) is 17.3 Å². The van der Waals surface area contributed by atoms with Crippen molar-refractivity contribution in [3.63, 3.8) is 0 Å². The van der Waals surface area contributed by atoms with Gasteiger partial charge < -0.3 is 15.2 Å². The minimum atomic E-state index is -0.522.